The average Bonchev–Trinajstić information content (AvgIpc) is 2.07. The third kappa shape index (κ3) is 3.58. The van der Waals surface area contributed by atoms with Gasteiger partial charge in [-0.1, -0.05) is 23.7 Å². The first-order valence-electron chi connectivity index (χ1n) is 4.48. The van der Waals surface area contributed by atoms with Gasteiger partial charge in [-0.25, -0.2) is 0 Å². The number of rotatable bonds is 3. The van der Waals surface area contributed by atoms with Crippen LogP contribution < -0.4 is 0 Å². The molecule has 1 rings (SSSR count). The molecule has 0 nitrogen and oxygen atoms in total. The number of aryl methyl sites for hydroxylation is 2. The molecule has 0 aromatic heterocycles. The van der Waals surface area contributed by atoms with Crippen LogP contribution in [0, 0.1) is 6.92 Å². The lowest BCUT2D eigenvalue weighted by atomic mass is 10.1. The second-order valence-electron chi connectivity index (χ2n) is 3.40. The minimum Gasteiger partial charge on any atom is -0.123 e. The Balaban J connectivity index is 2.63. The van der Waals surface area contributed by atoms with Gasteiger partial charge in [0.25, 0.3) is 0 Å². The Morgan fingerprint density at radius 1 is 1.38 bits per heavy atom. The van der Waals surface area contributed by atoms with Crippen molar-refractivity contribution in [1.29, 1.82) is 0 Å². The van der Waals surface area contributed by atoms with E-state index < -0.39 is 0 Å². The van der Waals surface area contributed by atoms with Crippen molar-refractivity contribution in [2.45, 2.75) is 32.1 Å². The Labute approximate surface area is 89.9 Å². The number of hydrogen-bond acceptors (Lipinski definition) is 0. The van der Waals surface area contributed by atoms with E-state index in [1.165, 1.54) is 5.56 Å². The van der Waals surface area contributed by atoms with Crippen LogP contribution in [0.15, 0.2) is 18.2 Å². The van der Waals surface area contributed by atoms with E-state index in [0.29, 0.717) is 0 Å². The van der Waals surface area contributed by atoms with Crippen LogP contribution in [-0.2, 0) is 6.42 Å². The summed E-state index contributed by atoms with van der Waals surface area (Å²) in [7, 11) is 0. The van der Waals surface area contributed by atoms with E-state index in [1.54, 1.807) is 0 Å². The maximum absolute atomic E-state index is 5.92. The van der Waals surface area contributed by atoms with E-state index >= 15 is 0 Å². The van der Waals surface area contributed by atoms with Crippen LogP contribution in [0.25, 0.3) is 0 Å². The van der Waals surface area contributed by atoms with Crippen molar-refractivity contribution in [3.05, 3.63) is 34.3 Å². The molecule has 1 atom stereocenters. The number of benzene rings is 1. The molecule has 0 aliphatic heterocycles. The molecule has 0 amide bonds. The van der Waals surface area contributed by atoms with Gasteiger partial charge in [0.2, 0.25) is 0 Å². The quantitative estimate of drug-likeness (QED) is 0.665. The highest BCUT2D eigenvalue weighted by molar-refractivity contribution is 6.31. The fourth-order valence-electron chi connectivity index (χ4n) is 1.23. The minimum absolute atomic E-state index is 0.246. The topological polar surface area (TPSA) is 0 Å². The molecule has 1 unspecified atom stereocenters. The predicted molar refractivity (Wildman–Crippen MR) is 59.8 cm³/mol. The Kier molecular flexibility index (Phi) is 4.08. The summed E-state index contributed by atoms with van der Waals surface area (Å²) in [6, 6.07) is 6.14. The Morgan fingerprint density at radius 2 is 2.08 bits per heavy atom. The molecular formula is C11H14Cl2. The van der Waals surface area contributed by atoms with Gasteiger partial charge in [0.15, 0.2) is 0 Å². The zero-order valence-electron chi connectivity index (χ0n) is 7.98. The van der Waals surface area contributed by atoms with E-state index in [0.717, 1.165) is 23.4 Å². The standard InChI is InChI=1S/C11H14Cl2/c1-8-7-10(4-3-9(2)12)5-6-11(8)13/h5-7,9H,3-4H2,1-2H3. The molecule has 1 aromatic rings. The maximum Gasteiger partial charge on any atom is 0.0435 e. The Bertz CT molecular complexity index is 279. The fraction of sp³-hybridized carbons (Fsp3) is 0.455. The lowest BCUT2D eigenvalue weighted by Gasteiger charge is -2.05. The predicted octanol–water partition coefficient (Wildman–Crippen LogP) is 4.21. The highest BCUT2D eigenvalue weighted by atomic mass is 35.5. The van der Waals surface area contributed by atoms with E-state index in [9.17, 15) is 0 Å². The molecule has 0 aliphatic carbocycles. The van der Waals surface area contributed by atoms with Crippen molar-refractivity contribution >= 4 is 23.2 Å². The van der Waals surface area contributed by atoms with Crippen LogP contribution in [0.1, 0.15) is 24.5 Å². The van der Waals surface area contributed by atoms with Gasteiger partial charge >= 0.3 is 0 Å². The van der Waals surface area contributed by atoms with Crippen molar-refractivity contribution in [3.8, 4) is 0 Å². The van der Waals surface area contributed by atoms with Gasteiger partial charge in [-0.15, -0.1) is 11.6 Å². The van der Waals surface area contributed by atoms with Crippen LogP contribution in [0.4, 0.5) is 0 Å². The average molecular weight is 217 g/mol. The normalized spacial score (nSPS) is 12.9. The largest absolute Gasteiger partial charge is 0.123 e. The number of alkyl halides is 1. The van der Waals surface area contributed by atoms with E-state index in [1.807, 2.05) is 19.9 Å². The smallest absolute Gasteiger partial charge is 0.0435 e. The number of halogens is 2. The summed E-state index contributed by atoms with van der Waals surface area (Å²) in [5.74, 6) is 0. The van der Waals surface area contributed by atoms with Crippen LogP contribution in [-0.4, -0.2) is 5.38 Å². The molecule has 0 saturated carbocycles. The summed E-state index contributed by atoms with van der Waals surface area (Å²) in [5, 5.41) is 1.08. The lowest BCUT2D eigenvalue weighted by molar-refractivity contribution is 0.802. The van der Waals surface area contributed by atoms with Crippen molar-refractivity contribution < 1.29 is 0 Å². The Morgan fingerprint density at radius 3 is 2.62 bits per heavy atom. The third-order valence-electron chi connectivity index (χ3n) is 2.05. The van der Waals surface area contributed by atoms with Crippen molar-refractivity contribution in [3.63, 3.8) is 0 Å². The van der Waals surface area contributed by atoms with Crippen LogP contribution >= 0.6 is 23.2 Å². The molecule has 0 aliphatic rings. The molecule has 0 heterocycles. The van der Waals surface area contributed by atoms with Crippen molar-refractivity contribution in [2.75, 3.05) is 0 Å². The summed E-state index contributed by atoms with van der Waals surface area (Å²) in [4.78, 5) is 0. The molecule has 1 aromatic carbocycles. The summed E-state index contributed by atoms with van der Waals surface area (Å²) in [6.07, 6.45) is 2.05. The van der Waals surface area contributed by atoms with Gasteiger partial charge in [0.05, 0.1) is 0 Å². The summed E-state index contributed by atoms with van der Waals surface area (Å²) in [5.41, 5.74) is 2.45. The van der Waals surface area contributed by atoms with Gasteiger partial charge in [0.1, 0.15) is 0 Å². The molecular weight excluding hydrogens is 203 g/mol. The SMILES string of the molecule is Cc1cc(CCC(C)Cl)ccc1Cl. The second-order valence-corrected chi connectivity index (χ2v) is 4.56. The molecule has 0 radical (unpaired) electrons. The second kappa shape index (κ2) is 4.88. The number of hydrogen-bond donors (Lipinski definition) is 0. The van der Waals surface area contributed by atoms with Gasteiger partial charge in [-0.05, 0) is 43.9 Å². The first kappa shape index (κ1) is 10.9. The van der Waals surface area contributed by atoms with Crippen molar-refractivity contribution in [2.24, 2.45) is 0 Å². The molecule has 0 spiro atoms. The van der Waals surface area contributed by atoms with Crippen LogP contribution in [0.2, 0.25) is 5.02 Å². The monoisotopic (exact) mass is 216 g/mol. The van der Waals surface area contributed by atoms with Gasteiger partial charge in [0, 0.05) is 10.4 Å². The van der Waals surface area contributed by atoms with E-state index in [2.05, 4.69) is 12.1 Å². The zero-order valence-corrected chi connectivity index (χ0v) is 9.49. The van der Waals surface area contributed by atoms with Crippen LogP contribution in [0.5, 0.6) is 0 Å². The third-order valence-corrected chi connectivity index (χ3v) is 2.70. The molecule has 0 N–H and O–H groups in total. The summed E-state index contributed by atoms with van der Waals surface area (Å²) in [6.45, 7) is 4.04. The lowest BCUT2D eigenvalue weighted by Crippen LogP contribution is -1.94. The first-order chi connectivity index (χ1) is 6.09. The fourth-order valence-corrected chi connectivity index (χ4v) is 1.45. The van der Waals surface area contributed by atoms with E-state index in [-0.39, 0.29) is 5.38 Å². The van der Waals surface area contributed by atoms with E-state index in [4.69, 9.17) is 23.2 Å². The summed E-state index contributed by atoms with van der Waals surface area (Å²) >= 11 is 11.8. The highest BCUT2D eigenvalue weighted by Gasteiger charge is 2.00. The zero-order chi connectivity index (χ0) is 9.84. The summed E-state index contributed by atoms with van der Waals surface area (Å²) < 4.78 is 0. The molecule has 2 heteroatoms. The molecule has 13 heavy (non-hydrogen) atoms. The van der Waals surface area contributed by atoms with Crippen molar-refractivity contribution in [1.82, 2.24) is 0 Å². The minimum atomic E-state index is 0.246. The maximum atomic E-state index is 5.92. The van der Waals surface area contributed by atoms with Gasteiger partial charge < -0.3 is 0 Å². The van der Waals surface area contributed by atoms with Crippen LogP contribution in [0.3, 0.4) is 0 Å². The highest BCUT2D eigenvalue weighted by Crippen LogP contribution is 2.18. The Hall–Kier alpha value is -0.200. The first-order valence-corrected chi connectivity index (χ1v) is 5.30. The molecule has 72 valence electrons. The molecule has 0 fully saturated rings. The molecule has 0 bridgehead atoms. The molecule has 0 saturated heterocycles. The van der Waals surface area contributed by atoms with Gasteiger partial charge in [-0.3, -0.25) is 0 Å². The van der Waals surface area contributed by atoms with Gasteiger partial charge in [-0.2, -0.15) is 0 Å².